The van der Waals surface area contributed by atoms with Gasteiger partial charge in [-0.2, -0.15) is 5.10 Å². The average Bonchev–Trinajstić information content (AvgIpc) is 3.08. The number of fused-ring (bicyclic) bond motifs is 3. The van der Waals surface area contributed by atoms with Crippen molar-refractivity contribution < 1.29 is 0 Å². The van der Waals surface area contributed by atoms with Crippen LogP contribution in [0.25, 0.3) is 10.2 Å². The second-order valence-electron chi connectivity index (χ2n) is 8.11. The van der Waals surface area contributed by atoms with Gasteiger partial charge in [-0.05, 0) is 53.9 Å². The molecule has 0 amide bonds. The molecule has 0 saturated carbocycles. The Morgan fingerprint density at radius 3 is 2.82 bits per heavy atom. The van der Waals surface area contributed by atoms with Gasteiger partial charge in [0.05, 0.1) is 11.6 Å². The molecule has 1 aliphatic rings. The summed E-state index contributed by atoms with van der Waals surface area (Å²) >= 11 is 7.75. The summed E-state index contributed by atoms with van der Waals surface area (Å²) in [4.78, 5) is 11.5. The highest BCUT2D eigenvalue weighted by molar-refractivity contribution is 7.19. The van der Waals surface area contributed by atoms with Crippen LogP contribution in [0.2, 0.25) is 5.02 Å². The lowest BCUT2D eigenvalue weighted by molar-refractivity contribution is 0.184. The third kappa shape index (κ3) is 3.78. The van der Waals surface area contributed by atoms with Crippen molar-refractivity contribution in [2.45, 2.75) is 46.5 Å². The molecule has 2 aromatic heterocycles. The number of hydrazone groups is 1. The van der Waals surface area contributed by atoms with E-state index in [-0.39, 0.29) is 0 Å². The first kappa shape index (κ1) is 19.3. The molecule has 1 aliphatic carbocycles. The van der Waals surface area contributed by atoms with Crippen LogP contribution in [-0.4, -0.2) is 16.2 Å². The van der Waals surface area contributed by atoms with Crippen molar-refractivity contribution in [3.8, 4) is 0 Å². The molecule has 1 atom stereocenters. The van der Waals surface area contributed by atoms with Crippen LogP contribution in [-0.2, 0) is 12.8 Å². The standard InChI is InChI=1S/C22H25ClN4S/c1-4-22(2,3)15-7-10-18-17(11-15)19-20(24-13-25-21(19)28-18)27-26-12-14-5-8-16(23)9-6-14/h5-6,8-9,12-13,15H,4,7,10-11H2,1-3H3,(H,24,25,27)/b26-12+. The Morgan fingerprint density at radius 2 is 2.07 bits per heavy atom. The summed E-state index contributed by atoms with van der Waals surface area (Å²) in [5, 5.41) is 6.27. The van der Waals surface area contributed by atoms with E-state index in [4.69, 9.17) is 11.6 Å². The quantitative estimate of drug-likeness (QED) is 0.393. The van der Waals surface area contributed by atoms with Crippen molar-refractivity contribution in [2.24, 2.45) is 16.4 Å². The maximum atomic E-state index is 5.94. The predicted molar refractivity (Wildman–Crippen MR) is 120 cm³/mol. The van der Waals surface area contributed by atoms with E-state index in [0.717, 1.165) is 39.5 Å². The number of halogens is 1. The van der Waals surface area contributed by atoms with E-state index < -0.39 is 0 Å². The van der Waals surface area contributed by atoms with Gasteiger partial charge in [-0.1, -0.05) is 50.9 Å². The van der Waals surface area contributed by atoms with Gasteiger partial charge in [0.25, 0.3) is 0 Å². The molecule has 1 N–H and O–H groups in total. The van der Waals surface area contributed by atoms with Crippen LogP contribution in [0.4, 0.5) is 5.82 Å². The second-order valence-corrected chi connectivity index (χ2v) is 9.63. The van der Waals surface area contributed by atoms with Gasteiger partial charge in [-0.3, -0.25) is 5.43 Å². The van der Waals surface area contributed by atoms with Crippen molar-refractivity contribution >= 4 is 45.2 Å². The van der Waals surface area contributed by atoms with Crippen LogP contribution in [0, 0.1) is 11.3 Å². The highest BCUT2D eigenvalue weighted by Gasteiger charge is 2.33. The van der Waals surface area contributed by atoms with Crippen molar-refractivity contribution in [3.63, 3.8) is 0 Å². The Balaban J connectivity index is 1.63. The summed E-state index contributed by atoms with van der Waals surface area (Å²) < 4.78 is 0. The molecule has 0 aliphatic heterocycles. The molecule has 0 radical (unpaired) electrons. The minimum atomic E-state index is 0.349. The molecular weight excluding hydrogens is 388 g/mol. The molecule has 0 saturated heterocycles. The van der Waals surface area contributed by atoms with Gasteiger partial charge >= 0.3 is 0 Å². The molecule has 1 aromatic carbocycles. The van der Waals surface area contributed by atoms with Gasteiger partial charge < -0.3 is 0 Å². The number of anilines is 1. The molecule has 0 spiro atoms. The van der Waals surface area contributed by atoms with Gasteiger partial charge in [0, 0.05) is 9.90 Å². The first-order valence-electron chi connectivity index (χ1n) is 9.78. The predicted octanol–water partition coefficient (Wildman–Crippen LogP) is 6.33. The third-order valence-electron chi connectivity index (χ3n) is 6.11. The lowest BCUT2D eigenvalue weighted by Gasteiger charge is -2.36. The van der Waals surface area contributed by atoms with Gasteiger partial charge in [0.1, 0.15) is 11.2 Å². The van der Waals surface area contributed by atoms with Crippen molar-refractivity contribution in [1.82, 2.24) is 9.97 Å². The summed E-state index contributed by atoms with van der Waals surface area (Å²) in [6, 6.07) is 7.59. The number of hydrogen-bond acceptors (Lipinski definition) is 5. The SMILES string of the molecule is CCC(C)(C)C1CCc2sc3ncnc(N/N=C/c4ccc(Cl)cc4)c3c2C1. The number of benzene rings is 1. The third-order valence-corrected chi connectivity index (χ3v) is 7.56. The van der Waals surface area contributed by atoms with Gasteiger partial charge in [0.15, 0.2) is 5.82 Å². The molecule has 6 heteroatoms. The fourth-order valence-electron chi connectivity index (χ4n) is 3.87. The summed E-state index contributed by atoms with van der Waals surface area (Å²) in [5.41, 5.74) is 5.90. The minimum Gasteiger partial charge on any atom is -0.261 e. The lowest BCUT2D eigenvalue weighted by atomic mass is 9.69. The molecule has 4 rings (SSSR count). The zero-order valence-corrected chi connectivity index (χ0v) is 18.1. The van der Waals surface area contributed by atoms with E-state index in [9.17, 15) is 0 Å². The molecule has 0 bridgehead atoms. The van der Waals surface area contributed by atoms with Crippen LogP contribution < -0.4 is 5.43 Å². The number of nitrogens with zero attached hydrogens (tertiary/aromatic N) is 3. The molecule has 2 heterocycles. The van der Waals surface area contributed by atoms with Crippen molar-refractivity contribution in [2.75, 3.05) is 5.43 Å². The fourth-order valence-corrected chi connectivity index (χ4v) is 5.18. The monoisotopic (exact) mass is 412 g/mol. The second kappa shape index (κ2) is 7.80. The molecule has 1 unspecified atom stereocenters. The van der Waals surface area contributed by atoms with Crippen molar-refractivity contribution in [1.29, 1.82) is 0 Å². The number of thiophene rings is 1. The highest BCUT2D eigenvalue weighted by Crippen LogP contribution is 2.45. The zero-order valence-electron chi connectivity index (χ0n) is 16.5. The zero-order chi connectivity index (χ0) is 19.7. The Morgan fingerprint density at radius 1 is 1.29 bits per heavy atom. The summed E-state index contributed by atoms with van der Waals surface area (Å²) in [6.07, 6.45) is 8.09. The van der Waals surface area contributed by atoms with Crippen LogP contribution in [0.3, 0.4) is 0 Å². The van der Waals surface area contributed by atoms with E-state index in [1.54, 1.807) is 12.5 Å². The summed E-state index contributed by atoms with van der Waals surface area (Å²) in [6.45, 7) is 7.08. The molecular formula is C22H25ClN4S. The van der Waals surface area contributed by atoms with E-state index in [1.165, 1.54) is 23.3 Å². The number of aryl methyl sites for hydroxylation is 1. The highest BCUT2D eigenvalue weighted by atomic mass is 35.5. The fraction of sp³-hybridized carbons (Fsp3) is 0.409. The van der Waals surface area contributed by atoms with Gasteiger partial charge in [-0.25, -0.2) is 9.97 Å². The van der Waals surface area contributed by atoms with Crippen LogP contribution >= 0.6 is 22.9 Å². The first-order valence-corrected chi connectivity index (χ1v) is 11.0. The lowest BCUT2D eigenvalue weighted by Crippen LogP contribution is -2.28. The maximum Gasteiger partial charge on any atom is 0.158 e. The number of nitrogens with one attached hydrogen (secondary N) is 1. The van der Waals surface area contributed by atoms with E-state index in [0.29, 0.717) is 11.3 Å². The molecule has 4 nitrogen and oxygen atoms in total. The van der Waals surface area contributed by atoms with Crippen LogP contribution in [0.1, 0.15) is 49.6 Å². The number of rotatable bonds is 5. The maximum absolute atomic E-state index is 5.94. The number of hydrogen-bond donors (Lipinski definition) is 1. The van der Waals surface area contributed by atoms with Gasteiger partial charge in [-0.15, -0.1) is 11.3 Å². The Labute approximate surface area is 175 Å². The van der Waals surface area contributed by atoms with E-state index in [1.807, 2.05) is 35.6 Å². The van der Waals surface area contributed by atoms with Gasteiger partial charge in [0.2, 0.25) is 0 Å². The Hall–Kier alpha value is -1.98. The van der Waals surface area contributed by atoms with E-state index >= 15 is 0 Å². The molecule has 146 valence electrons. The molecule has 28 heavy (non-hydrogen) atoms. The number of aromatic nitrogens is 2. The van der Waals surface area contributed by atoms with Crippen molar-refractivity contribution in [3.05, 3.63) is 51.6 Å². The topological polar surface area (TPSA) is 50.2 Å². The Bertz CT molecular complexity index is 1010. The molecule has 0 fully saturated rings. The average molecular weight is 413 g/mol. The molecule has 3 aromatic rings. The minimum absolute atomic E-state index is 0.349. The Kier molecular flexibility index (Phi) is 5.39. The normalized spacial score (nSPS) is 17.2. The largest absolute Gasteiger partial charge is 0.261 e. The smallest absolute Gasteiger partial charge is 0.158 e. The van der Waals surface area contributed by atoms with E-state index in [2.05, 4.69) is 41.3 Å². The summed E-state index contributed by atoms with van der Waals surface area (Å²) in [7, 11) is 0. The summed E-state index contributed by atoms with van der Waals surface area (Å²) in [5.74, 6) is 1.48. The van der Waals surface area contributed by atoms with Crippen LogP contribution in [0.5, 0.6) is 0 Å². The van der Waals surface area contributed by atoms with Crippen LogP contribution in [0.15, 0.2) is 35.7 Å². The first-order chi connectivity index (χ1) is 13.5.